The second-order valence-corrected chi connectivity index (χ2v) is 11.0. The average Bonchev–Trinajstić information content (AvgIpc) is 3.27. The third kappa shape index (κ3) is 5.55. The summed E-state index contributed by atoms with van der Waals surface area (Å²) in [5.41, 5.74) is 2.10. The number of pyridine rings is 1. The summed E-state index contributed by atoms with van der Waals surface area (Å²) in [5.74, 6) is 0.514. The summed E-state index contributed by atoms with van der Waals surface area (Å²) in [6.07, 6.45) is 4.43. The molecule has 4 aromatic rings. The number of likely N-dealkylation sites (tertiary alicyclic amines) is 1. The maximum absolute atomic E-state index is 15.0. The molecule has 1 fully saturated rings. The highest BCUT2D eigenvalue weighted by Gasteiger charge is 2.30. The van der Waals surface area contributed by atoms with E-state index in [0.717, 1.165) is 44.2 Å². The maximum Gasteiger partial charge on any atom is 0.229 e. The van der Waals surface area contributed by atoms with Crippen molar-refractivity contribution in [2.24, 2.45) is 5.92 Å². The normalized spacial score (nSPS) is 16.5. The Kier molecular flexibility index (Phi) is 8.09. The molecule has 1 saturated heterocycles. The standard InChI is InChI=1S/C30H37F2N7O/c1-6-38-11-9-20(10-12-38)27(18(4)40)21-7-8-26(33-15-21)36-30-34-16-24(32)28(37-30)22-13-23(31)29-25(14-22)39(17(2)3)19(5)35-29/h7-8,13-18,20,27,40H,6,9-12H2,1-5H3,(H,33,34,36,37)/t18-,27+/m0/s1. The maximum atomic E-state index is 15.0. The van der Waals surface area contributed by atoms with Crippen molar-refractivity contribution in [3.63, 3.8) is 0 Å². The zero-order valence-electron chi connectivity index (χ0n) is 23.7. The molecular formula is C30H37F2N7O. The van der Waals surface area contributed by atoms with Crippen molar-refractivity contribution in [3.8, 4) is 11.3 Å². The number of imidazole rings is 1. The molecule has 4 heterocycles. The van der Waals surface area contributed by atoms with Gasteiger partial charge >= 0.3 is 0 Å². The molecule has 5 rings (SSSR count). The Morgan fingerprint density at radius 1 is 1.02 bits per heavy atom. The Morgan fingerprint density at radius 3 is 2.40 bits per heavy atom. The van der Waals surface area contributed by atoms with Crippen molar-refractivity contribution in [2.75, 3.05) is 25.0 Å². The third-order valence-electron chi connectivity index (χ3n) is 7.98. The predicted octanol–water partition coefficient (Wildman–Crippen LogP) is 6.00. The van der Waals surface area contributed by atoms with E-state index in [0.29, 0.717) is 28.6 Å². The number of hydrogen-bond acceptors (Lipinski definition) is 7. The first-order valence-electron chi connectivity index (χ1n) is 14.0. The Labute approximate surface area is 233 Å². The number of fused-ring (bicyclic) bond motifs is 1. The number of aromatic nitrogens is 5. The summed E-state index contributed by atoms with van der Waals surface area (Å²) in [4.78, 5) is 19.8. The topological polar surface area (TPSA) is 92.0 Å². The summed E-state index contributed by atoms with van der Waals surface area (Å²) in [5, 5.41) is 13.6. The fourth-order valence-corrected chi connectivity index (χ4v) is 6.05. The van der Waals surface area contributed by atoms with Gasteiger partial charge in [-0.1, -0.05) is 13.0 Å². The van der Waals surface area contributed by atoms with E-state index in [2.05, 4.69) is 37.1 Å². The molecule has 0 unspecified atom stereocenters. The van der Waals surface area contributed by atoms with Crippen LogP contribution in [0.2, 0.25) is 0 Å². The summed E-state index contributed by atoms with van der Waals surface area (Å²) in [7, 11) is 0. The number of aliphatic hydroxyl groups excluding tert-OH is 1. The second kappa shape index (κ2) is 11.5. The quantitative estimate of drug-likeness (QED) is 0.279. The van der Waals surface area contributed by atoms with Crippen LogP contribution in [-0.2, 0) is 0 Å². The lowest BCUT2D eigenvalue weighted by Gasteiger charge is -2.37. The summed E-state index contributed by atoms with van der Waals surface area (Å²) < 4.78 is 31.8. The van der Waals surface area contributed by atoms with Crippen molar-refractivity contribution in [2.45, 2.75) is 65.5 Å². The summed E-state index contributed by atoms with van der Waals surface area (Å²) in [6, 6.07) is 6.79. The minimum absolute atomic E-state index is 0.00181. The lowest BCUT2D eigenvalue weighted by molar-refractivity contribution is 0.0947. The zero-order chi connectivity index (χ0) is 28.6. The largest absolute Gasteiger partial charge is 0.393 e. The van der Waals surface area contributed by atoms with Gasteiger partial charge in [-0.2, -0.15) is 0 Å². The molecule has 0 aliphatic carbocycles. The molecule has 2 N–H and O–H groups in total. The molecule has 0 bridgehead atoms. The van der Waals surface area contributed by atoms with E-state index >= 15 is 4.39 Å². The predicted molar refractivity (Wildman–Crippen MR) is 153 cm³/mol. The molecule has 1 aliphatic rings. The van der Waals surface area contributed by atoms with Crippen LogP contribution in [0.25, 0.3) is 22.3 Å². The third-order valence-corrected chi connectivity index (χ3v) is 7.98. The number of piperidine rings is 1. The molecule has 0 saturated carbocycles. The van der Waals surface area contributed by atoms with Gasteiger partial charge in [0.1, 0.15) is 22.9 Å². The Morgan fingerprint density at radius 2 is 1.77 bits per heavy atom. The zero-order valence-corrected chi connectivity index (χ0v) is 23.7. The highest BCUT2D eigenvalue weighted by Crippen LogP contribution is 2.36. The molecular weight excluding hydrogens is 512 g/mol. The minimum atomic E-state index is -0.658. The number of nitrogens with zero attached hydrogens (tertiary/aromatic N) is 6. The van der Waals surface area contributed by atoms with Gasteiger partial charge in [0, 0.05) is 23.7 Å². The Bertz CT molecular complexity index is 1480. The molecule has 212 valence electrons. The van der Waals surface area contributed by atoms with Gasteiger partial charge < -0.3 is 19.9 Å². The van der Waals surface area contributed by atoms with Gasteiger partial charge in [-0.05, 0) is 89.9 Å². The van der Waals surface area contributed by atoms with Crippen molar-refractivity contribution in [3.05, 3.63) is 59.7 Å². The lowest BCUT2D eigenvalue weighted by Crippen LogP contribution is -2.37. The second-order valence-electron chi connectivity index (χ2n) is 11.0. The van der Waals surface area contributed by atoms with Crippen LogP contribution in [-0.4, -0.2) is 60.2 Å². The van der Waals surface area contributed by atoms with Gasteiger partial charge in [-0.25, -0.2) is 28.7 Å². The van der Waals surface area contributed by atoms with Crippen LogP contribution in [0.3, 0.4) is 0 Å². The van der Waals surface area contributed by atoms with Gasteiger partial charge in [-0.3, -0.25) is 0 Å². The van der Waals surface area contributed by atoms with Crippen LogP contribution in [0.5, 0.6) is 0 Å². The fraction of sp³-hybridized carbons (Fsp3) is 0.467. The molecule has 10 heteroatoms. The number of aryl methyl sites for hydroxylation is 1. The lowest BCUT2D eigenvalue weighted by atomic mass is 9.78. The van der Waals surface area contributed by atoms with Crippen molar-refractivity contribution >= 4 is 22.8 Å². The van der Waals surface area contributed by atoms with Gasteiger partial charge in [0.15, 0.2) is 11.6 Å². The monoisotopic (exact) mass is 549 g/mol. The van der Waals surface area contributed by atoms with Crippen LogP contribution in [0.1, 0.15) is 63.9 Å². The first-order chi connectivity index (χ1) is 19.2. The van der Waals surface area contributed by atoms with Crippen molar-refractivity contribution < 1.29 is 13.9 Å². The molecule has 8 nitrogen and oxygen atoms in total. The molecule has 40 heavy (non-hydrogen) atoms. The molecule has 0 radical (unpaired) electrons. The number of anilines is 2. The Hall–Kier alpha value is -3.50. The van der Waals surface area contributed by atoms with Crippen molar-refractivity contribution in [1.82, 2.24) is 29.4 Å². The molecule has 3 aromatic heterocycles. The molecule has 1 aromatic carbocycles. The van der Waals surface area contributed by atoms with Crippen molar-refractivity contribution in [1.29, 1.82) is 0 Å². The van der Waals surface area contributed by atoms with E-state index in [1.165, 1.54) is 6.07 Å². The number of benzene rings is 1. The van der Waals surface area contributed by atoms with E-state index in [1.807, 2.05) is 44.4 Å². The number of nitrogens with one attached hydrogen (secondary N) is 1. The molecule has 0 amide bonds. The van der Waals surface area contributed by atoms with Gasteiger partial charge in [0.2, 0.25) is 5.95 Å². The summed E-state index contributed by atoms with van der Waals surface area (Å²) >= 11 is 0. The highest BCUT2D eigenvalue weighted by molar-refractivity contribution is 5.83. The van der Waals surface area contributed by atoms with Gasteiger partial charge in [0.05, 0.1) is 17.8 Å². The molecule has 0 spiro atoms. The van der Waals surface area contributed by atoms with E-state index in [1.54, 1.807) is 12.3 Å². The highest BCUT2D eigenvalue weighted by atomic mass is 19.1. The van der Waals surface area contributed by atoms with Crippen LogP contribution >= 0.6 is 0 Å². The van der Waals surface area contributed by atoms with E-state index in [4.69, 9.17) is 0 Å². The minimum Gasteiger partial charge on any atom is -0.393 e. The molecule has 2 atom stereocenters. The smallest absolute Gasteiger partial charge is 0.229 e. The van der Waals surface area contributed by atoms with Crippen LogP contribution < -0.4 is 5.32 Å². The number of hydrogen-bond donors (Lipinski definition) is 2. The van der Waals surface area contributed by atoms with E-state index in [-0.39, 0.29) is 29.1 Å². The first-order valence-corrected chi connectivity index (χ1v) is 14.0. The number of rotatable bonds is 8. The van der Waals surface area contributed by atoms with E-state index in [9.17, 15) is 9.50 Å². The van der Waals surface area contributed by atoms with Crippen LogP contribution in [0.4, 0.5) is 20.5 Å². The molecule has 1 aliphatic heterocycles. The number of halogens is 2. The van der Waals surface area contributed by atoms with Gasteiger partial charge in [-0.15, -0.1) is 0 Å². The number of aliphatic hydroxyl groups is 1. The average molecular weight is 550 g/mol. The van der Waals surface area contributed by atoms with E-state index < -0.39 is 17.7 Å². The summed E-state index contributed by atoms with van der Waals surface area (Å²) in [6.45, 7) is 12.9. The SMILES string of the molecule is CCN1CCC([C@H](c2ccc(Nc3ncc(F)c(-c4cc(F)c5nc(C)n(C(C)C)c5c4)n3)nc2)[C@H](C)O)CC1. The van der Waals surface area contributed by atoms with Crippen LogP contribution in [0, 0.1) is 24.5 Å². The first kappa shape index (κ1) is 28.0. The fourth-order valence-electron chi connectivity index (χ4n) is 6.05. The van der Waals surface area contributed by atoms with Crippen LogP contribution in [0.15, 0.2) is 36.7 Å². The van der Waals surface area contributed by atoms with Gasteiger partial charge in [0.25, 0.3) is 0 Å². The Balaban J connectivity index is 1.39.